The van der Waals surface area contributed by atoms with Gasteiger partial charge in [-0.25, -0.2) is 14.6 Å². The molecule has 0 spiro atoms. The van der Waals surface area contributed by atoms with Gasteiger partial charge >= 0.3 is 0 Å². The number of hydrogen-bond donors (Lipinski definition) is 1. The molecule has 6 heteroatoms. The number of benzene rings is 1. The first-order valence-electron chi connectivity index (χ1n) is 7.45. The van der Waals surface area contributed by atoms with Crippen LogP contribution in [-0.4, -0.2) is 26.8 Å². The monoisotopic (exact) mass is 308 g/mol. The third-order valence-corrected chi connectivity index (χ3v) is 3.68. The fourth-order valence-corrected chi connectivity index (χ4v) is 2.63. The van der Waals surface area contributed by atoms with E-state index in [9.17, 15) is 0 Å². The second kappa shape index (κ2) is 6.08. The van der Waals surface area contributed by atoms with Crippen LogP contribution in [0.25, 0.3) is 5.82 Å². The van der Waals surface area contributed by atoms with Crippen molar-refractivity contribution in [2.24, 2.45) is 0 Å². The van der Waals surface area contributed by atoms with E-state index in [1.807, 2.05) is 50.1 Å². The van der Waals surface area contributed by atoms with Gasteiger partial charge in [0.05, 0.1) is 5.69 Å². The number of nitrogens with two attached hydrogens (primary N) is 1. The van der Waals surface area contributed by atoms with Crippen molar-refractivity contribution in [1.82, 2.24) is 19.7 Å². The maximum Gasteiger partial charge on any atom is 0.182 e. The number of anilines is 2. The summed E-state index contributed by atoms with van der Waals surface area (Å²) in [5.74, 6) is 1.31. The van der Waals surface area contributed by atoms with Gasteiger partial charge in [0, 0.05) is 19.3 Å². The van der Waals surface area contributed by atoms with Crippen LogP contribution < -0.4 is 10.6 Å². The zero-order valence-electron chi connectivity index (χ0n) is 13.6. The summed E-state index contributed by atoms with van der Waals surface area (Å²) in [4.78, 5) is 10.7. The van der Waals surface area contributed by atoms with Crippen molar-refractivity contribution in [3.63, 3.8) is 0 Å². The molecule has 0 aliphatic heterocycles. The fourth-order valence-electron chi connectivity index (χ4n) is 2.63. The van der Waals surface area contributed by atoms with Crippen LogP contribution in [0.4, 0.5) is 11.5 Å². The summed E-state index contributed by atoms with van der Waals surface area (Å²) in [7, 11) is 1.97. The summed E-state index contributed by atoms with van der Waals surface area (Å²) in [5.41, 5.74) is 9.96. The minimum atomic E-state index is 0.525. The van der Waals surface area contributed by atoms with Crippen LogP contribution in [0, 0.1) is 13.8 Å². The lowest BCUT2D eigenvalue weighted by atomic mass is 10.2. The van der Waals surface area contributed by atoms with E-state index in [-0.39, 0.29) is 0 Å². The normalized spacial score (nSPS) is 10.7. The predicted molar refractivity (Wildman–Crippen MR) is 91.6 cm³/mol. The van der Waals surface area contributed by atoms with Crippen LogP contribution in [0.5, 0.6) is 0 Å². The van der Waals surface area contributed by atoms with Crippen LogP contribution >= 0.6 is 0 Å². The van der Waals surface area contributed by atoms with Gasteiger partial charge in [0.25, 0.3) is 0 Å². The zero-order valence-corrected chi connectivity index (χ0v) is 13.6. The summed E-state index contributed by atoms with van der Waals surface area (Å²) in [6, 6.07) is 12.2. The van der Waals surface area contributed by atoms with Crippen LogP contribution in [0.2, 0.25) is 0 Å². The first-order chi connectivity index (χ1) is 11.1. The second-order valence-corrected chi connectivity index (χ2v) is 5.62. The smallest absolute Gasteiger partial charge is 0.182 e. The van der Waals surface area contributed by atoms with E-state index in [4.69, 9.17) is 5.73 Å². The Kier molecular flexibility index (Phi) is 3.97. The molecule has 2 aromatic heterocycles. The van der Waals surface area contributed by atoms with Crippen molar-refractivity contribution in [2.45, 2.75) is 20.4 Å². The SMILES string of the molecule is Cc1cc(C)n(-c2ncnc(N(C)Cc3ccccc3)c2N)n1. The summed E-state index contributed by atoms with van der Waals surface area (Å²) in [6.07, 6.45) is 1.53. The van der Waals surface area contributed by atoms with Gasteiger partial charge < -0.3 is 10.6 Å². The Morgan fingerprint density at radius 3 is 2.52 bits per heavy atom. The Morgan fingerprint density at radius 2 is 1.87 bits per heavy atom. The summed E-state index contributed by atoms with van der Waals surface area (Å²) in [6.45, 7) is 4.65. The van der Waals surface area contributed by atoms with Crippen LogP contribution in [0.15, 0.2) is 42.7 Å². The molecule has 0 unspecified atom stereocenters. The third kappa shape index (κ3) is 3.01. The fraction of sp³-hybridized carbons (Fsp3) is 0.235. The van der Waals surface area contributed by atoms with E-state index in [0.717, 1.165) is 17.9 Å². The van der Waals surface area contributed by atoms with Gasteiger partial charge in [0.15, 0.2) is 11.6 Å². The van der Waals surface area contributed by atoms with Gasteiger partial charge in [-0.05, 0) is 25.5 Å². The lowest BCUT2D eigenvalue weighted by Crippen LogP contribution is -2.21. The summed E-state index contributed by atoms with van der Waals surface area (Å²) >= 11 is 0. The maximum absolute atomic E-state index is 6.32. The van der Waals surface area contributed by atoms with Gasteiger partial charge in [-0.1, -0.05) is 30.3 Å². The first kappa shape index (κ1) is 15.0. The molecule has 2 N–H and O–H groups in total. The molecule has 2 heterocycles. The van der Waals surface area contributed by atoms with Gasteiger partial charge in [-0.15, -0.1) is 0 Å². The van der Waals surface area contributed by atoms with Crippen molar-refractivity contribution in [1.29, 1.82) is 0 Å². The average molecular weight is 308 g/mol. The largest absolute Gasteiger partial charge is 0.393 e. The van der Waals surface area contributed by atoms with Gasteiger partial charge in [-0.2, -0.15) is 5.10 Å². The Morgan fingerprint density at radius 1 is 1.13 bits per heavy atom. The van der Waals surface area contributed by atoms with Crippen molar-refractivity contribution in [2.75, 3.05) is 17.7 Å². The molecule has 3 rings (SSSR count). The molecule has 0 saturated carbocycles. The standard InChI is InChI=1S/C17H20N6/c1-12-9-13(2)23(21-12)17-15(18)16(19-11-20-17)22(3)10-14-7-5-4-6-8-14/h4-9,11H,10,18H2,1-3H3. The molecular formula is C17H20N6. The van der Waals surface area contributed by atoms with Gasteiger partial charge in [0.1, 0.15) is 12.0 Å². The van der Waals surface area contributed by atoms with Crippen LogP contribution in [0.3, 0.4) is 0 Å². The van der Waals surface area contributed by atoms with Gasteiger partial charge in [-0.3, -0.25) is 0 Å². The van der Waals surface area contributed by atoms with Crippen LogP contribution in [0.1, 0.15) is 17.0 Å². The van der Waals surface area contributed by atoms with E-state index in [2.05, 4.69) is 27.2 Å². The molecule has 0 saturated heterocycles. The molecule has 118 valence electrons. The topological polar surface area (TPSA) is 72.9 Å². The van der Waals surface area contributed by atoms with Crippen molar-refractivity contribution < 1.29 is 0 Å². The molecule has 0 aliphatic rings. The Hall–Kier alpha value is -2.89. The zero-order chi connectivity index (χ0) is 16.4. The lowest BCUT2D eigenvalue weighted by molar-refractivity contribution is 0.797. The summed E-state index contributed by atoms with van der Waals surface area (Å²) < 4.78 is 1.76. The molecule has 6 nitrogen and oxygen atoms in total. The van der Waals surface area contributed by atoms with E-state index in [1.54, 1.807) is 4.68 Å². The highest BCUT2D eigenvalue weighted by atomic mass is 15.3. The Balaban J connectivity index is 1.95. The number of nitrogens with zero attached hydrogens (tertiary/aromatic N) is 5. The Labute approximate surface area is 135 Å². The highest BCUT2D eigenvalue weighted by molar-refractivity contribution is 5.70. The number of rotatable bonds is 4. The minimum Gasteiger partial charge on any atom is -0.393 e. The molecule has 0 amide bonds. The number of aromatic nitrogens is 4. The molecule has 3 aromatic rings. The lowest BCUT2D eigenvalue weighted by Gasteiger charge is -2.21. The van der Waals surface area contributed by atoms with Crippen molar-refractivity contribution in [3.05, 3.63) is 59.7 Å². The second-order valence-electron chi connectivity index (χ2n) is 5.62. The van der Waals surface area contributed by atoms with Gasteiger partial charge in [0.2, 0.25) is 0 Å². The molecule has 0 fully saturated rings. The quantitative estimate of drug-likeness (QED) is 0.801. The average Bonchev–Trinajstić information content (AvgIpc) is 2.87. The number of nitrogen functional groups attached to an aromatic ring is 1. The molecule has 1 aromatic carbocycles. The molecule has 0 bridgehead atoms. The highest BCUT2D eigenvalue weighted by Crippen LogP contribution is 2.26. The van der Waals surface area contributed by atoms with Crippen LogP contribution in [-0.2, 0) is 6.54 Å². The van der Waals surface area contributed by atoms with E-state index < -0.39 is 0 Å². The Bertz CT molecular complexity index is 809. The highest BCUT2D eigenvalue weighted by Gasteiger charge is 2.15. The predicted octanol–water partition coefficient (Wildman–Crippen LogP) is 2.50. The molecule has 0 atom stereocenters. The van der Waals surface area contributed by atoms with E-state index >= 15 is 0 Å². The summed E-state index contributed by atoms with van der Waals surface area (Å²) in [5, 5.41) is 4.45. The van der Waals surface area contributed by atoms with Crippen molar-refractivity contribution in [3.8, 4) is 5.82 Å². The number of hydrogen-bond acceptors (Lipinski definition) is 5. The first-order valence-corrected chi connectivity index (χ1v) is 7.45. The number of aryl methyl sites for hydroxylation is 2. The third-order valence-electron chi connectivity index (χ3n) is 3.68. The molecular weight excluding hydrogens is 288 g/mol. The molecule has 0 radical (unpaired) electrons. The maximum atomic E-state index is 6.32. The van der Waals surface area contributed by atoms with E-state index in [1.165, 1.54) is 11.9 Å². The molecule has 0 aliphatic carbocycles. The minimum absolute atomic E-state index is 0.525. The van der Waals surface area contributed by atoms with E-state index in [0.29, 0.717) is 17.3 Å². The molecule has 23 heavy (non-hydrogen) atoms. The van der Waals surface area contributed by atoms with Crippen molar-refractivity contribution >= 4 is 11.5 Å².